The maximum absolute atomic E-state index is 4.66. The van der Waals surface area contributed by atoms with Crippen LogP contribution in [0.3, 0.4) is 0 Å². The molecule has 4 nitrogen and oxygen atoms in total. The molecule has 3 heterocycles. The van der Waals surface area contributed by atoms with Gasteiger partial charge in [0, 0.05) is 51.0 Å². The van der Waals surface area contributed by atoms with Gasteiger partial charge in [0.25, 0.3) is 0 Å². The summed E-state index contributed by atoms with van der Waals surface area (Å²) in [5.41, 5.74) is 1.11. The molecular formula is C16H26N4. The maximum atomic E-state index is 4.66. The van der Waals surface area contributed by atoms with Gasteiger partial charge in [-0.15, -0.1) is 0 Å². The van der Waals surface area contributed by atoms with E-state index in [1.165, 1.54) is 39.1 Å². The van der Waals surface area contributed by atoms with Crippen LogP contribution in [0.1, 0.15) is 19.0 Å². The standard InChI is InChI=1S/C16H26N4/c1-3-18-9-11-19(12-10-18)15-7-8-20(13-15)16-6-4-5-14(2)17-16/h4-6,15H,3,7-13H2,1-2H3. The summed E-state index contributed by atoms with van der Waals surface area (Å²) in [6, 6.07) is 7.05. The highest BCUT2D eigenvalue weighted by Gasteiger charge is 2.30. The monoisotopic (exact) mass is 274 g/mol. The lowest BCUT2D eigenvalue weighted by Crippen LogP contribution is -2.50. The summed E-state index contributed by atoms with van der Waals surface area (Å²) >= 11 is 0. The Bertz CT molecular complexity index is 440. The summed E-state index contributed by atoms with van der Waals surface area (Å²) in [7, 11) is 0. The van der Waals surface area contributed by atoms with Crippen LogP contribution in [0.15, 0.2) is 18.2 Å². The van der Waals surface area contributed by atoms with Crippen molar-refractivity contribution < 1.29 is 0 Å². The number of pyridine rings is 1. The van der Waals surface area contributed by atoms with Crippen molar-refractivity contribution in [1.29, 1.82) is 0 Å². The number of rotatable bonds is 3. The molecule has 0 amide bonds. The summed E-state index contributed by atoms with van der Waals surface area (Å²) in [4.78, 5) is 12.3. The summed E-state index contributed by atoms with van der Waals surface area (Å²) in [5, 5.41) is 0. The summed E-state index contributed by atoms with van der Waals surface area (Å²) in [6.07, 6.45) is 1.28. The van der Waals surface area contributed by atoms with Crippen molar-refractivity contribution in [3.05, 3.63) is 23.9 Å². The number of hydrogen-bond donors (Lipinski definition) is 0. The van der Waals surface area contributed by atoms with Crippen LogP contribution >= 0.6 is 0 Å². The number of piperazine rings is 1. The maximum Gasteiger partial charge on any atom is 0.128 e. The van der Waals surface area contributed by atoms with Gasteiger partial charge in [-0.25, -0.2) is 4.98 Å². The Balaban J connectivity index is 1.57. The quantitative estimate of drug-likeness (QED) is 0.835. The van der Waals surface area contributed by atoms with Gasteiger partial charge in [-0.3, -0.25) is 4.90 Å². The van der Waals surface area contributed by atoms with E-state index in [4.69, 9.17) is 0 Å². The van der Waals surface area contributed by atoms with E-state index in [2.05, 4.69) is 51.7 Å². The van der Waals surface area contributed by atoms with Crippen molar-refractivity contribution in [2.45, 2.75) is 26.3 Å². The Morgan fingerprint density at radius 3 is 2.65 bits per heavy atom. The zero-order valence-electron chi connectivity index (χ0n) is 12.8. The van der Waals surface area contributed by atoms with E-state index in [-0.39, 0.29) is 0 Å². The number of hydrogen-bond acceptors (Lipinski definition) is 4. The number of anilines is 1. The number of likely N-dealkylation sites (N-methyl/N-ethyl adjacent to an activating group) is 1. The molecule has 0 aromatic carbocycles. The van der Waals surface area contributed by atoms with Gasteiger partial charge < -0.3 is 9.80 Å². The van der Waals surface area contributed by atoms with Gasteiger partial charge in [0.15, 0.2) is 0 Å². The molecule has 20 heavy (non-hydrogen) atoms. The molecule has 0 radical (unpaired) electrons. The van der Waals surface area contributed by atoms with Crippen LogP contribution in [0, 0.1) is 6.92 Å². The molecule has 2 aliphatic heterocycles. The number of aromatic nitrogens is 1. The molecule has 2 aliphatic rings. The van der Waals surface area contributed by atoms with Gasteiger partial charge in [-0.2, -0.15) is 0 Å². The fraction of sp³-hybridized carbons (Fsp3) is 0.688. The van der Waals surface area contributed by atoms with Crippen molar-refractivity contribution in [1.82, 2.24) is 14.8 Å². The van der Waals surface area contributed by atoms with E-state index in [1.807, 2.05) is 0 Å². The highest BCUT2D eigenvalue weighted by atomic mass is 15.3. The normalized spacial score (nSPS) is 25.3. The predicted molar refractivity (Wildman–Crippen MR) is 83.3 cm³/mol. The van der Waals surface area contributed by atoms with E-state index >= 15 is 0 Å². The lowest BCUT2D eigenvalue weighted by Gasteiger charge is -2.37. The third-order valence-electron chi connectivity index (χ3n) is 4.73. The molecule has 0 aliphatic carbocycles. The number of nitrogens with zero attached hydrogens (tertiary/aromatic N) is 4. The summed E-state index contributed by atoms with van der Waals surface area (Å²) in [6.45, 7) is 12.7. The molecule has 2 saturated heterocycles. The Morgan fingerprint density at radius 1 is 1.15 bits per heavy atom. The highest BCUT2D eigenvalue weighted by Crippen LogP contribution is 2.22. The first-order valence-corrected chi connectivity index (χ1v) is 7.91. The van der Waals surface area contributed by atoms with Crippen molar-refractivity contribution in [3.8, 4) is 0 Å². The fourth-order valence-corrected chi connectivity index (χ4v) is 3.40. The minimum absolute atomic E-state index is 0.719. The molecule has 1 unspecified atom stereocenters. The lowest BCUT2D eigenvalue weighted by atomic mass is 10.2. The van der Waals surface area contributed by atoms with E-state index in [1.54, 1.807) is 0 Å². The van der Waals surface area contributed by atoms with Crippen LogP contribution in [0.4, 0.5) is 5.82 Å². The van der Waals surface area contributed by atoms with E-state index in [0.29, 0.717) is 0 Å². The topological polar surface area (TPSA) is 22.6 Å². The molecular weight excluding hydrogens is 248 g/mol. The predicted octanol–water partition coefficient (Wildman–Crippen LogP) is 1.61. The van der Waals surface area contributed by atoms with Crippen LogP contribution in [0.5, 0.6) is 0 Å². The Hall–Kier alpha value is -1.13. The average Bonchev–Trinajstić information content (AvgIpc) is 2.97. The first-order valence-electron chi connectivity index (χ1n) is 7.91. The average molecular weight is 274 g/mol. The van der Waals surface area contributed by atoms with Crippen LogP contribution in [-0.2, 0) is 0 Å². The lowest BCUT2D eigenvalue weighted by molar-refractivity contribution is 0.107. The van der Waals surface area contributed by atoms with Gasteiger partial charge in [0.05, 0.1) is 0 Å². The second kappa shape index (κ2) is 6.10. The molecule has 0 saturated carbocycles. The van der Waals surface area contributed by atoms with E-state index in [0.717, 1.165) is 30.6 Å². The van der Waals surface area contributed by atoms with Gasteiger partial charge >= 0.3 is 0 Å². The molecule has 3 rings (SSSR count). The minimum Gasteiger partial charge on any atom is -0.355 e. The SMILES string of the molecule is CCN1CCN(C2CCN(c3cccc(C)n3)C2)CC1. The van der Waals surface area contributed by atoms with Crippen molar-refractivity contribution in [2.24, 2.45) is 0 Å². The molecule has 110 valence electrons. The minimum atomic E-state index is 0.719. The molecule has 0 N–H and O–H groups in total. The zero-order valence-corrected chi connectivity index (χ0v) is 12.8. The second-order valence-electron chi connectivity index (χ2n) is 6.00. The Labute approximate surface area is 122 Å². The number of aryl methyl sites for hydroxylation is 1. The van der Waals surface area contributed by atoms with E-state index < -0.39 is 0 Å². The molecule has 1 aromatic heterocycles. The van der Waals surface area contributed by atoms with Gasteiger partial charge in [-0.05, 0) is 32.0 Å². The molecule has 0 spiro atoms. The first-order chi connectivity index (χ1) is 9.76. The van der Waals surface area contributed by atoms with Gasteiger partial charge in [0.2, 0.25) is 0 Å². The third-order valence-corrected chi connectivity index (χ3v) is 4.73. The fourth-order valence-electron chi connectivity index (χ4n) is 3.40. The van der Waals surface area contributed by atoms with Gasteiger partial charge in [-0.1, -0.05) is 13.0 Å². The smallest absolute Gasteiger partial charge is 0.128 e. The zero-order chi connectivity index (χ0) is 13.9. The molecule has 1 atom stereocenters. The molecule has 4 heteroatoms. The van der Waals surface area contributed by atoms with Crippen molar-refractivity contribution in [3.63, 3.8) is 0 Å². The van der Waals surface area contributed by atoms with Crippen LogP contribution in [0.25, 0.3) is 0 Å². The summed E-state index contributed by atoms with van der Waals surface area (Å²) in [5.74, 6) is 1.15. The van der Waals surface area contributed by atoms with Crippen LogP contribution in [0.2, 0.25) is 0 Å². The van der Waals surface area contributed by atoms with Crippen molar-refractivity contribution >= 4 is 5.82 Å². The largest absolute Gasteiger partial charge is 0.355 e. The molecule has 0 bridgehead atoms. The van der Waals surface area contributed by atoms with Crippen LogP contribution < -0.4 is 4.90 Å². The van der Waals surface area contributed by atoms with Gasteiger partial charge in [0.1, 0.15) is 5.82 Å². The first kappa shape index (κ1) is 13.8. The molecule has 1 aromatic rings. The highest BCUT2D eigenvalue weighted by molar-refractivity contribution is 5.40. The molecule has 2 fully saturated rings. The second-order valence-corrected chi connectivity index (χ2v) is 6.00. The third kappa shape index (κ3) is 2.96. The summed E-state index contributed by atoms with van der Waals surface area (Å²) < 4.78 is 0. The van der Waals surface area contributed by atoms with Crippen molar-refractivity contribution in [2.75, 3.05) is 50.7 Å². The van der Waals surface area contributed by atoms with Crippen LogP contribution in [-0.4, -0.2) is 66.6 Å². The Morgan fingerprint density at radius 2 is 1.95 bits per heavy atom. The Kier molecular flexibility index (Phi) is 4.22. The van der Waals surface area contributed by atoms with E-state index in [9.17, 15) is 0 Å².